The van der Waals surface area contributed by atoms with Crippen molar-refractivity contribution in [1.29, 1.82) is 0 Å². The SMILES string of the molecule is CCn1cc(C(=O)N[C@@H](C)c2ccc(C(=O)O)cc2)c2c(Cc3ccc(C(F)(F)F)cc3)ccnc21.CCn1cc(C(=O)N[C@@H](C)c2ccc(C(=O)OC)cc2)c2c(Cc3ccc(C(F)(F)F)cc3)ccnc21.[Na+].[OH-]. The van der Waals surface area contributed by atoms with Crippen molar-refractivity contribution >= 4 is 45.8 Å². The van der Waals surface area contributed by atoms with Crippen LogP contribution in [0.25, 0.3) is 22.1 Å². The minimum atomic E-state index is -4.41. The number of halogens is 6. The molecule has 0 saturated carbocycles. The van der Waals surface area contributed by atoms with Gasteiger partial charge in [-0.1, -0.05) is 48.5 Å². The van der Waals surface area contributed by atoms with E-state index >= 15 is 0 Å². The number of ether oxygens (including phenoxy) is 1. The number of hydrogen-bond acceptors (Lipinski definition) is 8. The van der Waals surface area contributed by atoms with Crippen molar-refractivity contribution in [1.82, 2.24) is 29.7 Å². The second-order valence-electron chi connectivity index (χ2n) is 17.2. The number of amides is 2. The van der Waals surface area contributed by atoms with E-state index in [1.165, 1.54) is 43.5 Å². The summed E-state index contributed by atoms with van der Waals surface area (Å²) in [5.74, 6) is -2.10. The van der Waals surface area contributed by atoms with Crippen molar-refractivity contribution < 1.29 is 90.4 Å². The van der Waals surface area contributed by atoms with Crippen molar-refractivity contribution in [3.63, 3.8) is 0 Å². The molecule has 0 aliphatic rings. The van der Waals surface area contributed by atoms with Gasteiger partial charge in [0, 0.05) is 48.6 Å². The van der Waals surface area contributed by atoms with Crippen LogP contribution in [0.2, 0.25) is 0 Å². The fraction of sp³-hybridized carbons (Fsp3) is 0.236. The van der Waals surface area contributed by atoms with E-state index in [4.69, 9.17) is 9.84 Å². The topological polar surface area (TPSA) is 187 Å². The molecule has 20 heteroatoms. The molecule has 2 atom stereocenters. The Morgan fingerprint density at radius 1 is 0.587 bits per heavy atom. The molecule has 2 amide bonds. The Morgan fingerprint density at radius 2 is 0.947 bits per heavy atom. The van der Waals surface area contributed by atoms with Crippen molar-refractivity contribution in [2.45, 2.75) is 78.1 Å². The Balaban J connectivity index is 0.000000270. The maximum atomic E-state index is 13.4. The van der Waals surface area contributed by atoms with Crippen molar-refractivity contribution in [2.24, 2.45) is 0 Å². The van der Waals surface area contributed by atoms with E-state index in [0.717, 1.165) is 46.5 Å². The first kappa shape index (κ1) is 58.6. The van der Waals surface area contributed by atoms with Crippen molar-refractivity contribution in [3.05, 3.63) is 201 Å². The number of aromatic nitrogens is 4. The summed E-state index contributed by atoms with van der Waals surface area (Å²) in [6, 6.07) is 25.9. The maximum absolute atomic E-state index is 13.4. The number of carbonyl (C=O) groups excluding carboxylic acids is 3. The standard InChI is InChI=1S/C28H26F3N3O3.C27H24F3N3O3.Na.H2O/c1-4-34-16-23(26(35)33-17(2)19-7-9-20(10-8-19)27(36)37-3)24-21(13-14-32-25(24)34)15-18-5-11-22(12-6-18)28(29,30)31;1-3-33-15-22(25(34)32-16(2)18-6-8-19(9-7-18)26(35)36)23-20(12-13-31-24(23)33)14-17-4-10-21(11-5-17)27(28,29)30;;/h5-14,16-17H,4,15H2,1-3H3,(H,33,35);4-13,15-16H,3,14H2,1-2H3,(H,32,34)(H,35,36);;1H2/q;;+1;/p-1/t17-;16-;;/m00../s1. The summed E-state index contributed by atoms with van der Waals surface area (Å²) in [4.78, 5) is 58.4. The molecule has 8 aromatic rings. The van der Waals surface area contributed by atoms with Crippen LogP contribution in [0.1, 0.15) is 126 Å². The number of nitrogens with one attached hydrogen (secondary N) is 2. The second kappa shape index (κ2) is 24.8. The number of carboxylic acid groups (broad SMARTS) is 1. The van der Waals surface area contributed by atoms with E-state index < -0.39 is 41.5 Å². The summed E-state index contributed by atoms with van der Waals surface area (Å²) in [5, 5.41) is 16.3. The molecule has 0 aliphatic heterocycles. The maximum Gasteiger partial charge on any atom is 1.00 e. The van der Waals surface area contributed by atoms with E-state index in [9.17, 15) is 45.5 Å². The van der Waals surface area contributed by atoms with Crippen LogP contribution in [0, 0.1) is 0 Å². The Morgan fingerprint density at radius 3 is 1.27 bits per heavy atom. The molecule has 13 nitrogen and oxygen atoms in total. The normalized spacial score (nSPS) is 12.1. The van der Waals surface area contributed by atoms with Crippen LogP contribution in [0.5, 0.6) is 0 Å². The van der Waals surface area contributed by atoms with Crippen molar-refractivity contribution in [3.8, 4) is 0 Å². The van der Waals surface area contributed by atoms with Gasteiger partial charge in [-0.05, 0) is 135 Å². The van der Waals surface area contributed by atoms with Crippen LogP contribution >= 0.6 is 0 Å². The summed E-state index contributed by atoms with van der Waals surface area (Å²) in [6.07, 6.45) is -1.39. The van der Waals surface area contributed by atoms with Crippen molar-refractivity contribution in [2.75, 3.05) is 7.11 Å². The van der Waals surface area contributed by atoms with Gasteiger partial charge in [0.1, 0.15) is 11.3 Å². The molecule has 75 heavy (non-hydrogen) atoms. The predicted molar refractivity (Wildman–Crippen MR) is 264 cm³/mol. The molecule has 0 radical (unpaired) electrons. The van der Waals surface area contributed by atoms with Gasteiger partial charge in [0.05, 0.1) is 52.6 Å². The largest absolute Gasteiger partial charge is 1.00 e. The molecule has 4 heterocycles. The van der Waals surface area contributed by atoms with E-state index in [0.29, 0.717) is 75.8 Å². The number of alkyl halides is 6. The number of hydrogen-bond donors (Lipinski definition) is 3. The first-order valence-corrected chi connectivity index (χ1v) is 23.1. The Bertz CT molecular complexity index is 3290. The molecule has 4 N–H and O–H groups in total. The third-order valence-corrected chi connectivity index (χ3v) is 12.4. The van der Waals surface area contributed by atoms with Gasteiger partial charge in [0.2, 0.25) is 0 Å². The molecule has 0 aliphatic carbocycles. The van der Waals surface area contributed by atoms with Gasteiger partial charge >= 0.3 is 53.8 Å². The number of pyridine rings is 2. The first-order valence-electron chi connectivity index (χ1n) is 23.1. The van der Waals surface area contributed by atoms with Gasteiger partial charge in [0.15, 0.2) is 0 Å². The number of benzene rings is 4. The molecular weight excluding hydrogens is 994 g/mol. The van der Waals surface area contributed by atoms with Crippen LogP contribution < -0.4 is 40.2 Å². The number of nitrogens with zero attached hydrogens (tertiary/aromatic N) is 4. The Kier molecular flexibility index (Phi) is 19.4. The van der Waals surface area contributed by atoms with Gasteiger partial charge in [-0.2, -0.15) is 26.3 Å². The number of carboxylic acids is 1. The molecular formula is C55H51F6N6NaO7. The summed E-state index contributed by atoms with van der Waals surface area (Å²) < 4.78 is 86.1. The zero-order valence-electron chi connectivity index (χ0n) is 41.7. The quantitative estimate of drug-likeness (QED) is 0.0545. The minimum absolute atomic E-state index is 0. The third-order valence-electron chi connectivity index (χ3n) is 12.4. The summed E-state index contributed by atoms with van der Waals surface area (Å²) in [6.45, 7) is 8.67. The minimum Gasteiger partial charge on any atom is -0.870 e. The average molecular weight is 1050 g/mol. The molecule has 0 unspecified atom stereocenters. The van der Waals surface area contributed by atoms with Gasteiger partial charge < -0.3 is 35.1 Å². The summed E-state index contributed by atoms with van der Waals surface area (Å²) in [7, 11) is 1.31. The zero-order chi connectivity index (χ0) is 52.8. The molecule has 0 bridgehead atoms. The average Bonchev–Trinajstić information content (AvgIpc) is 3.96. The predicted octanol–water partition coefficient (Wildman–Crippen LogP) is 8.63. The van der Waals surface area contributed by atoms with Gasteiger partial charge in [0.25, 0.3) is 11.8 Å². The van der Waals surface area contributed by atoms with Crippen LogP contribution in [0.3, 0.4) is 0 Å². The molecule has 8 rings (SSSR count). The van der Waals surface area contributed by atoms with Gasteiger partial charge in [-0.15, -0.1) is 0 Å². The molecule has 4 aromatic heterocycles. The van der Waals surface area contributed by atoms with Crippen LogP contribution in [-0.4, -0.2) is 60.5 Å². The monoisotopic (exact) mass is 1040 g/mol. The number of esters is 1. The summed E-state index contributed by atoms with van der Waals surface area (Å²) in [5.41, 5.74) is 5.73. The number of rotatable bonds is 14. The van der Waals surface area contributed by atoms with Gasteiger partial charge in [-0.25, -0.2) is 19.6 Å². The number of carbonyl (C=O) groups is 4. The second-order valence-corrected chi connectivity index (χ2v) is 17.2. The summed E-state index contributed by atoms with van der Waals surface area (Å²) >= 11 is 0. The van der Waals surface area contributed by atoms with E-state index in [1.807, 2.05) is 29.9 Å². The van der Waals surface area contributed by atoms with E-state index in [1.54, 1.807) is 80.2 Å². The fourth-order valence-electron chi connectivity index (χ4n) is 8.40. The number of aryl methyl sites for hydroxylation is 2. The van der Waals surface area contributed by atoms with Crippen LogP contribution in [0.4, 0.5) is 26.3 Å². The number of fused-ring (bicyclic) bond motifs is 2. The molecule has 0 fully saturated rings. The van der Waals surface area contributed by atoms with E-state index in [-0.39, 0.29) is 58.5 Å². The molecule has 0 saturated heterocycles. The van der Waals surface area contributed by atoms with E-state index in [2.05, 4.69) is 20.6 Å². The number of methoxy groups -OCH3 is 1. The number of aromatic carboxylic acids is 1. The van der Waals surface area contributed by atoms with Crippen LogP contribution in [0.15, 0.2) is 134 Å². The molecule has 386 valence electrons. The Labute approximate surface area is 449 Å². The third kappa shape index (κ3) is 13.7. The molecule has 4 aromatic carbocycles. The molecule has 0 spiro atoms. The first-order chi connectivity index (χ1) is 34.7. The fourth-order valence-corrected chi connectivity index (χ4v) is 8.40. The van der Waals surface area contributed by atoms with Gasteiger partial charge in [-0.3, -0.25) is 9.59 Å². The van der Waals surface area contributed by atoms with Crippen LogP contribution in [-0.2, 0) is 43.0 Å². The zero-order valence-corrected chi connectivity index (χ0v) is 43.7. The Hall–Kier alpha value is -7.32. The smallest absolute Gasteiger partial charge is 0.870 e.